The number of methoxy groups -OCH3 is 1. The Labute approximate surface area is 65.4 Å². The average molecular weight is 206 g/mol. The molecule has 0 spiro atoms. The molecule has 5 nitrogen and oxygen atoms in total. The van der Waals surface area contributed by atoms with E-state index in [0.29, 0.717) is 4.85 Å². The number of hydrogen-bond donors (Lipinski definition) is 0. The van der Waals surface area contributed by atoms with Gasteiger partial charge in [-0.3, -0.25) is 0 Å². The van der Waals surface area contributed by atoms with Crippen molar-refractivity contribution in [3.8, 4) is 6.01 Å². The van der Waals surface area contributed by atoms with Crippen LogP contribution in [0.3, 0.4) is 0 Å². The van der Waals surface area contributed by atoms with E-state index < -0.39 is 0 Å². The van der Waals surface area contributed by atoms with E-state index in [2.05, 4.69) is 30.7 Å². The summed E-state index contributed by atoms with van der Waals surface area (Å²) in [5.74, 6) is 0. The van der Waals surface area contributed by atoms with Gasteiger partial charge in [0.15, 0.2) is 0 Å². The molecule has 0 aliphatic heterocycles. The van der Waals surface area contributed by atoms with Crippen LogP contribution in [0.1, 0.15) is 0 Å². The zero-order valence-corrected chi connectivity index (χ0v) is 6.70. The Balaban J connectivity index is 3.04. The standard InChI is InChI=1S/C4H4BrN3O2/c1-10-4-6-2-3(5)8(9)7-4/h2H,1H3. The normalized spacial score (nSPS) is 9.40. The molecule has 0 unspecified atom stereocenters. The quantitative estimate of drug-likeness (QED) is 0.474. The SMILES string of the molecule is COc1ncc(Br)[n+]([O-])n1. The molecule has 0 radical (unpaired) electrons. The maximum atomic E-state index is 10.6. The molecule has 1 rings (SSSR count). The Morgan fingerprint density at radius 2 is 2.50 bits per heavy atom. The zero-order chi connectivity index (χ0) is 7.56. The van der Waals surface area contributed by atoms with E-state index in [0.717, 1.165) is 0 Å². The monoisotopic (exact) mass is 205 g/mol. The molecule has 0 bridgehead atoms. The van der Waals surface area contributed by atoms with Crippen LogP contribution < -0.4 is 9.58 Å². The number of aromatic nitrogens is 3. The van der Waals surface area contributed by atoms with E-state index in [1.54, 1.807) is 0 Å². The van der Waals surface area contributed by atoms with Crippen molar-refractivity contribution < 1.29 is 9.58 Å². The third-order valence-corrected chi connectivity index (χ3v) is 1.33. The van der Waals surface area contributed by atoms with Crippen molar-refractivity contribution >= 4 is 15.9 Å². The van der Waals surface area contributed by atoms with E-state index in [-0.39, 0.29) is 10.6 Å². The van der Waals surface area contributed by atoms with Crippen LogP contribution in [0.15, 0.2) is 10.8 Å². The topological polar surface area (TPSA) is 62.0 Å². The van der Waals surface area contributed by atoms with E-state index >= 15 is 0 Å². The maximum Gasteiger partial charge on any atom is 0.380 e. The molecule has 10 heavy (non-hydrogen) atoms. The summed E-state index contributed by atoms with van der Waals surface area (Å²) >= 11 is 2.93. The fourth-order valence-electron chi connectivity index (χ4n) is 0.403. The van der Waals surface area contributed by atoms with Crippen molar-refractivity contribution in [1.82, 2.24) is 10.1 Å². The Morgan fingerprint density at radius 3 is 3.00 bits per heavy atom. The lowest BCUT2D eigenvalue weighted by Gasteiger charge is -1.95. The predicted octanol–water partition coefficient (Wildman–Crippen LogP) is -0.119. The van der Waals surface area contributed by atoms with Crippen molar-refractivity contribution in [3.63, 3.8) is 0 Å². The van der Waals surface area contributed by atoms with E-state index in [1.807, 2.05) is 0 Å². The minimum atomic E-state index is 0.0539. The third-order valence-electron chi connectivity index (χ3n) is 0.823. The molecule has 0 N–H and O–H groups in total. The minimum Gasteiger partial charge on any atom is -0.593 e. The molecule has 0 aliphatic rings. The van der Waals surface area contributed by atoms with Crippen molar-refractivity contribution in [1.29, 1.82) is 0 Å². The molecule has 1 aromatic heterocycles. The zero-order valence-electron chi connectivity index (χ0n) is 5.11. The molecule has 1 heterocycles. The number of hydrogen-bond acceptors (Lipinski definition) is 4. The van der Waals surface area contributed by atoms with Gasteiger partial charge in [0.2, 0.25) is 0 Å². The number of rotatable bonds is 1. The van der Waals surface area contributed by atoms with Crippen molar-refractivity contribution in [2.45, 2.75) is 0 Å². The van der Waals surface area contributed by atoms with Crippen LogP contribution in [0.25, 0.3) is 0 Å². The van der Waals surface area contributed by atoms with Crippen molar-refractivity contribution in [2.24, 2.45) is 0 Å². The van der Waals surface area contributed by atoms with Crippen LogP contribution >= 0.6 is 15.9 Å². The predicted molar refractivity (Wildman–Crippen MR) is 35.2 cm³/mol. The summed E-state index contributed by atoms with van der Waals surface area (Å²) in [6.07, 6.45) is 1.32. The fraction of sp³-hybridized carbons (Fsp3) is 0.250. The summed E-state index contributed by atoms with van der Waals surface area (Å²) in [6, 6.07) is 0.0539. The van der Waals surface area contributed by atoms with Gasteiger partial charge < -0.3 is 9.94 Å². The van der Waals surface area contributed by atoms with Gasteiger partial charge in [-0.05, 0) is 4.85 Å². The van der Waals surface area contributed by atoms with Crippen LogP contribution in [0.4, 0.5) is 0 Å². The van der Waals surface area contributed by atoms with Gasteiger partial charge >= 0.3 is 10.6 Å². The van der Waals surface area contributed by atoms with Gasteiger partial charge in [0, 0.05) is 15.9 Å². The fourth-order valence-corrected chi connectivity index (χ4v) is 0.584. The van der Waals surface area contributed by atoms with Gasteiger partial charge in [-0.15, -0.1) is 0 Å². The lowest BCUT2D eigenvalue weighted by Crippen LogP contribution is -2.33. The van der Waals surface area contributed by atoms with Crippen LogP contribution in [0, 0.1) is 5.21 Å². The highest BCUT2D eigenvalue weighted by atomic mass is 79.9. The minimum absolute atomic E-state index is 0.0539. The highest BCUT2D eigenvalue weighted by Crippen LogP contribution is 2.01. The highest BCUT2D eigenvalue weighted by molar-refractivity contribution is 9.10. The second-order valence-corrected chi connectivity index (χ2v) is 2.25. The van der Waals surface area contributed by atoms with Gasteiger partial charge in [-0.25, -0.2) is 0 Å². The second kappa shape index (κ2) is 2.78. The molecule has 0 aromatic carbocycles. The second-order valence-electron chi connectivity index (χ2n) is 1.44. The summed E-state index contributed by atoms with van der Waals surface area (Å²) in [7, 11) is 1.39. The highest BCUT2D eigenvalue weighted by Gasteiger charge is 2.04. The maximum absolute atomic E-state index is 10.6. The average Bonchev–Trinajstić information content (AvgIpc) is 1.95. The molecule has 0 amide bonds. The number of ether oxygens (including phenoxy) is 1. The molecule has 54 valence electrons. The Morgan fingerprint density at radius 1 is 1.80 bits per heavy atom. The van der Waals surface area contributed by atoms with E-state index in [1.165, 1.54) is 13.3 Å². The molecule has 0 saturated heterocycles. The molecule has 0 aliphatic carbocycles. The summed E-state index contributed by atoms with van der Waals surface area (Å²) < 4.78 is 4.84. The number of nitrogens with zero attached hydrogens (tertiary/aromatic N) is 3. The van der Waals surface area contributed by atoms with Crippen LogP contribution in [-0.2, 0) is 0 Å². The summed E-state index contributed by atoms with van der Waals surface area (Å²) in [6.45, 7) is 0. The Hall–Kier alpha value is -0.910. The Kier molecular flexibility index (Phi) is 2.00. The first-order valence-corrected chi connectivity index (χ1v) is 3.19. The summed E-state index contributed by atoms with van der Waals surface area (Å²) in [5, 5.41) is 14.0. The van der Waals surface area contributed by atoms with Gasteiger partial charge in [0.1, 0.15) is 6.20 Å². The molecule has 6 heteroatoms. The first-order valence-electron chi connectivity index (χ1n) is 2.40. The van der Waals surface area contributed by atoms with Crippen molar-refractivity contribution in [2.75, 3.05) is 7.11 Å². The van der Waals surface area contributed by atoms with Crippen molar-refractivity contribution in [3.05, 3.63) is 16.0 Å². The Bertz CT molecular complexity index is 242. The summed E-state index contributed by atoms with van der Waals surface area (Å²) in [4.78, 5) is 4.04. The summed E-state index contributed by atoms with van der Waals surface area (Å²) in [5.41, 5.74) is 0. The van der Waals surface area contributed by atoms with Gasteiger partial charge in [-0.1, -0.05) is 0 Å². The van der Waals surface area contributed by atoms with Crippen LogP contribution in [0.2, 0.25) is 0 Å². The molecule has 0 atom stereocenters. The first kappa shape index (κ1) is 7.20. The molecular weight excluding hydrogens is 202 g/mol. The largest absolute Gasteiger partial charge is 0.593 e. The first-order chi connectivity index (χ1) is 4.74. The van der Waals surface area contributed by atoms with Gasteiger partial charge in [0.05, 0.1) is 12.2 Å². The molecule has 0 fully saturated rings. The van der Waals surface area contributed by atoms with Crippen LogP contribution in [0.5, 0.6) is 6.01 Å². The molecule has 0 saturated carbocycles. The van der Waals surface area contributed by atoms with E-state index in [4.69, 9.17) is 0 Å². The lowest BCUT2D eigenvalue weighted by molar-refractivity contribution is -0.681. The third kappa shape index (κ3) is 1.32. The van der Waals surface area contributed by atoms with Crippen LogP contribution in [-0.4, -0.2) is 17.2 Å². The van der Waals surface area contributed by atoms with Gasteiger partial charge in [0.25, 0.3) is 0 Å². The molecule has 1 aromatic rings. The smallest absolute Gasteiger partial charge is 0.380 e. The van der Waals surface area contributed by atoms with Gasteiger partial charge in [-0.2, -0.15) is 4.98 Å². The number of halogens is 1. The van der Waals surface area contributed by atoms with E-state index in [9.17, 15) is 5.21 Å². The lowest BCUT2D eigenvalue weighted by atomic mass is 10.9. The molecular formula is C4H4BrN3O2.